The predicted molar refractivity (Wildman–Crippen MR) is 133 cm³/mol. The summed E-state index contributed by atoms with van der Waals surface area (Å²) < 4.78 is 1.95. The number of carbonyl (C=O) groups is 1. The summed E-state index contributed by atoms with van der Waals surface area (Å²) in [7, 11) is 0. The van der Waals surface area contributed by atoms with Gasteiger partial charge in [0.2, 0.25) is 5.91 Å². The summed E-state index contributed by atoms with van der Waals surface area (Å²) >= 11 is 1.66. The molecule has 0 saturated carbocycles. The number of hydrogen-bond acceptors (Lipinski definition) is 5. The van der Waals surface area contributed by atoms with E-state index in [4.69, 9.17) is 5.10 Å². The van der Waals surface area contributed by atoms with Crippen molar-refractivity contribution < 1.29 is 4.79 Å². The van der Waals surface area contributed by atoms with Crippen LogP contribution >= 0.6 is 11.3 Å². The van der Waals surface area contributed by atoms with Crippen LogP contribution in [0.5, 0.6) is 0 Å². The van der Waals surface area contributed by atoms with Gasteiger partial charge in [0.15, 0.2) is 0 Å². The summed E-state index contributed by atoms with van der Waals surface area (Å²) in [5.41, 5.74) is 4.21. The molecule has 0 unspecified atom stereocenters. The molecule has 4 heterocycles. The van der Waals surface area contributed by atoms with E-state index >= 15 is 0 Å². The van der Waals surface area contributed by atoms with Gasteiger partial charge in [-0.25, -0.2) is 0 Å². The number of nitrogens with zero attached hydrogens (tertiary/aromatic N) is 5. The molecule has 1 aromatic carbocycles. The maximum absolute atomic E-state index is 12.9. The van der Waals surface area contributed by atoms with E-state index in [9.17, 15) is 4.79 Å². The second-order valence-corrected chi connectivity index (χ2v) is 8.89. The summed E-state index contributed by atoms with van der Waals surface area (Å²) in [5, 5.41) is 6.87. The first-order chi connectivity index (χ1) is 16.3. The van der Waals surface area contributed by atoms with Crippen molar-refractivity contribution in [3.8, 4) is 10.6 Å². The molecule has 0 radical (unpaired) electrons. The first kappa shape index (κ1) is 21.2. The Balaban J connectivity index is 1.29. The topological polar surface area (TPSA) is 54.3 Å². The molecule has 0 atom stereocenters. The number of benzene rings is 1. The van der Waals surface area contributed by atoms with E-state index in [2.05, 4.69) is 28.1 Å². The molecule has 1 amide bonds. The summed E-state index contributed by atoms with van der Waals surface area (Å²) in [6, 6.07) is 18.4. The molecule has 1 fully saturated rings. The van der Waals surface area contributed by atoms with Crippen molar-refractivity contribution in [2.75, 3.05) is 31.1 Å². The van der Waals surface area contributed by atoms with Crippen LogP contribution in [0.25, 0.3) is 16.6 Å². The van der Waals surface area contributed by atoms with Crippen LogP contribution in [-0.2, 0) is 11.3 Å². The van der Waals surface area contributed by atoms with E-state index in [-0.39, 0.29) is 5.91 Å². The number of amides is 1. The zero-order valence-corrected chi connectivity index (χ0v) is 19.1. The van der Waals surface area contributed by atoms with Crippen molar-refractivity contribution >= 4 is 29.0 Å². The number of hydrogen-bond donors (Lipinski definition) is 0. The molecule has 0 aliphatic carbocycles. The second-order valence-electron chi connectivity index (χ2n) is 7.94. The highest BCUT2D eigenvalue weighted by atomic mass is 32.1. The number of aromatic nitrogens is 3. The molecular formula is C26H25N5OS. The number of piperazine rings is 1. The van der Waals surface area contributed by atoms with Crippen LogP contribution in [0.2, 0.25) is 0 Å². The van der Waals surface area contributed by atoms with Crippen LogP contribution in [0.3, 0.4) is 0 Å². The van der Waals surface area contributed by atoms with Gasteiger partial charge in [-0.2, -0.15) is 5.10 Å². The van der Waals surface area contributed by atoms with E-state index in [1.54, 1.807) is 29.8 Å². The summed E-state index contributed by atoms with van der Waals surface area (Å²) in [4.78, 5) is 22.3. The maximum Gasteiger partial charge on any atom is 0.246 e. The third-order valence-corrected chi connectivity index (χ3v) is 6.63. The normalized spacial score (nSPS) is 14.2. The lowest BCUT2D eigenvalue weighted by atomic mass is 10.2. The molecule has 166 valence electrons. The monoisotopic (exact) mass is 455 g/mol. The van der Waals surface area contributed by atoms with Crippen molar-refractivity contribution in [3.63, 3.8) is 0 Å². The average molecular weight is 456 g/mol. The number of thiophene rings is 1. The molecule has 1 saturated heterocycles. The van der Waals surface area contributed by atoms with Crippen molar-refractivity contribution in [1.29, 1.82) is 0 Å². The second kappa shape index (κ2) is 9.83. The third-order valence-electron chi connectivity index (χ3n) is 5.76. The van der Waals surface area contributed by atoms with E-state index < -0.39 is 0 Å². The Hall–Kier alpha value is -3.71. The standard InChI is InChI=1S/C26H25N5OS/c32-25(30-16-14-29(15-17-30)23-10-12-27-13-11-23)9-8-22-20-31(19-21-5-2-1-3-6-21)28-26(22)24-7-4-18-33-24/h1-13,18,20H,14-17,19H2. The van der Waals surface area contributed by atoms with Crippen LogP contribution in [-0.4, -0.2) is 51.8 Å². The number of carbonyl (C=O) groups excluding carboxylic acids is 1. The lowest BCUT2D eigenvalue weighted by molar-refractivity contribution is -0.126. The molecule has 5 rings (SSSR count). The Labute approximate surface area is 197 Å². The van der Waals surface area contributed by atoms with Gasteiger partial charge in [0.1, 0.15) is 5.69 Å². The van der Waals surface area contributed by atoms with E-state index in [1.165, 1.54) is 5.56 Å². The lowest BCUT2D eigenvalue weighted by Gasteiger charge is -2.35. The van der Waals surface area contributed by atoms with Crippen LogP contribution in [0.4, 0.5) is 5.69 Å². The third kappa shape index (κ3) is 5.04. The zero-order chi connectivity index (χ0) is 22.5. The Kier molecular flexibility index (Phi) is 6.30. The SMILES string of the molecule is O=C(C=Cc1cn(Cc2ccccc2)nc1-c1cccs1)N1CCN(c2ccncc2)CC1. The number of pyridine rings is 1. The molecule has 6 nitrogen and oxygen atoms in total. The lowest BCUT2D eigenvalue weighted by Crippen LogP contribution is -2.48. The molecule has 0 spiro atoms. The summed E-state index contributed by atoms with van der Waals surface area (Å²) in [6.45, 7) is 3.74. The van der Waals surface area contributed by atoms with E-state index in [0.29, 0.717) is 19.6 Å². The largest absolute Gasteiger partial charge is 0.368 e. The number of anilines is 1. The highest BCUT2D eigenvalue weighted by molar-refractivity contribution is 7.13. The molecule has 1 aliphatic rings. The highest BCUT2D eigenvalue weighted by Gasteiger charge is 2.20. The van der Waals surface area contributed by atoms with Crippen molar-refractivity contribution in [1.82, 2.24) is 19.7 Å². The van der Waals surface area contributed by atoms with Gasteiger partial charge in [-0.3, -0.25) is 14.5 Å². The predicted octanol–water partition coefficient (Wildman–Crippen LogP) is 4.42. The van der Waals surface area contributed by atoms with Crippen LogP contribution in [0.15, 0.2) is 84.6 Å². The van der Waals surface area contributed by atoms with Crippen molar-refractivity contribution in [2.24, 2.45) is 0 Å². The Bertz CT molecular complexity index is 1210. The smallest absolute Gasteiger partial charge is 0.246 e. The van der Waals surface area contributed by atoms with Crippen molar-refractivity contribution in [2.45, 2.75) is 6.54 Å². The molecule has 0 bridgehead atoms. The van der Waals surface area contributed by atoms with Gasteiger partial charge in [0.25, 0.3) is 0 Å². The Morgan fingerprint density at radius 1 is 0.970 bits per heavy atom. The fourth-order valence-corrected chi connectivity index (χ4v) is 4.75. The minimum atomic E-state index is 0.0392. The van der Waals surface area contributed by atoms with Crippen LogP contribution < -0.4 is 4.90 Å². The quantitative estimate of drug-likeness (QED) is 0.404. The Morgan fingerprint density at radius 3 is 2.48 bits per heavy atom. The van der Waals surface area contributed by atoms with Gasteiger partial charge in [-0.15, -0.1) is 11.3 Å². The van der Waals surface area contributed by atoms with Gasteiger partial charge < -0.3 is 9.80 Å². The van der Waals surface area contributed by atoms with Gasteiger partial charge in [-0.1, -0.05) is 36.4 Å². The van der Waals surface area contributed by atoms with E-state index in [0.717, 1.165) is 34.9 Å². The minimum absolute atomic E-state index is 0.0392. The molecule has 33 heavy (non-hydrogen) atoms. The van der Waals surface area contributed by atoms with Gasteiger partial charge in [-0.05, 0) is 35.2 Å². The number of rotatable bonds is 6. The molecular weight excluding hydrogens is 430 g/mol. The molecule has 7 heteroatoms. The molecule has 1 aliphatic heterocycles. The van der Waals surface area contributed by atoms with Crippen LogP contribution in [0, 0.1) is 0 Å². The zero-order valence-electron chi connectivity index (χ0n) is 18.2. The summed E-state index contributed by atoms with van der Waals surface area (Å²) in [6.07, 6.45) is 9.22. The fourth-order valence-electron chi connectivity index (χ4n) is 4.02. The minimum Gasteiger partial charge on any atom is -0.368 e. The summed E-state index contributed by atoms with van der Waals surface area (Å²) in [5.74, 6) is 0.0392. The molecule has 3 aromatic heterocycles. The van der Waals surface area contributed by atoms with Gasteiger partial charge in [0.05, 0.1) is 11.4 Å². The van der Waals surface area contributed by atoms with Crippen molar-refractivity contribution in [3.05, 3.63) is 95.8 Å². The van der Waals surface area contributed by atoms with Gasteiger partial charge >= 0.3 is 0 Å². The fraction of sp³-hybridized carbons (Fsp3) is 0.192. The highest BCUT2D eigenvalue weighted by Crippen LogP contribution is 2.28. The first-order valence-electron chi connectivity index (χ1n) is 11.0. The maximum atomic E-state index is 12.9. The van der Waals surface area contributed by atoms with Gasteiger partial charge in [0, 0.05) is 62.1 Å². The molecule has 4 aromatic rings. The molecule has 0 N–H and O–H groups in total. The average Bonchev–Trinajstić information content (AvgIpc) is 3.54. The van der Waals surface area contributed by atoms with Crippen LogP contribution in [0.1, 0.15) is 11.1 Å². The first-order valence-corrected chi connectivity index (χ1v) is 11.9. The van der Waals surface area contributed by atoms with E-state index in [1.807, 2.05) is 63.6 Å². The Morgan fingerprint density at radius 2 is 1.76 bits per heavy atom.